The molecule has 0 saturated carbocycles. The van der Waals surface area contributed by atoms with Crippen LogP contribution in [0.5, 0.6) is 0 Å². The molecule has 0 fully saturated rings. The predicted octanol–water partition coefficient (Wildman–Crippen LogP) is 2.04. The Labute approximate surface area is 102 Å². The zero-order valence-electron chi connectivity index (χ0n) is 10.1. The van der Waals surface area contributed by atoms with Crippen LogP contribution in [0.2, 0.25) is 0 Å². The van der Waals surface area contributed by atoms with Gasteiger partial charge in [0.25, 0.3) is 5.91 Å². The highest BCUT2D eigenvalue weighted by Crippen LogP contribution is 2.34. The fourth-order valence-electron chi connectivity index (χ4n) is 2.33. The largest absolute Gasteiger partial charge is 0.330 e. The molecule has 3 heteroatoms. The van der Waals surface area contributed by atoms with E-state index in [4.69, 9.17) is 5.73 Å². The third-order valence-electron chi connectivity index (χ3n) is 3.26. The Kier molecular flexibility index (Phi) is 3.29. The maximum absolute atomic E-state index is 12.1. The first-order valence-corrected chi connectivity index (χ1v) is 5.91. The van der Waals surface area contributed by atoms with E-state index >= 15 is 0 Å². The minimum Gasteiger partial charge on any atom is -0.330 e. The Hall–Kier alpha value is -1.61. The normalized spacial score (nSPS) is 18.7. The van der Waals surface area contributed by atoms with Crippen molar-refractivity contribution >= 4 is 11.6 Å². The minimum absolute atomic E-state index is 0.00733. The number of carbonyl (C=O) groups excluding carboxylic acids is 1. The molecule has 0 bridgehead atoms. The Morgan fingerprint density at radius 2 is 2.24 bits per heavy atom. The Bertz CT molecular complexity index is 453. The van der Waals surface area contributed by atoms with E-state index in [2.05, 4.69) is 12.6 Å². The smallest absolute Gasteiger partial charge is 0.253 e. The minimum atomic E-state index is 0.00733. The second-order valence-electron chi connectivity index (χ2n) is 4.52. The summed E-state index contributed by atoms with van der Waals surface area (Å²) in [6, 6.07) is 8.00. The third-order valence-corrected chi connectivity index (χ3v) is 3.26. The number of carbonyl (C=O) groups is 1. The Balaban J connectivity index is 2.41. The molecule has 1 amide bonds. The molecule has 1 aromatic rings. The van der Waals surface area contributed by atoms with Crippen molar-refractivity contribution < 1.29 is 4.79 Å². The molecule has 1 aromatic carbocycles. The number of hydrogen-bond acceptors (Lipinski definition) is 2. The third kappa shape index (κ3) is 2.11. The quantitative estimate of drug-likeness (QED) is 0.790. The molecule has 90 valence electrons. The molecule has 0 aliphatic carbocycles. The van der Waals surface area contributed by atoms with Crippen LogP contribution in [-0.2, 0) is 4.79 Å². The van der Waals surface area contributed by atoms with Gasteiger partial charge in [-0.3, -0.25) is 4.79 Å². The Morgan fingerprint density at radius 1 is 1.53 bits per heavy atom. The molecular weight excluding hydrogens is 212 g/mol. The van der Waals surface area contributed by atoms with Gasteiger partial charge in [-0.15, -0.1) is 0 Å². The maximum Gasteiger partial charge on any atom is 0.253 e. The van der Waals surface area contributed by atoms with E-state index in [0.717, 1.165) is 18.7 Å². The first-order valence-electron chi connectivity index (χ1n) is 5.91. The van der Waals surface area contributed by atoms with Gasteiger partial charge in [0, 0.05) is 17.8 Å². The van der Waals surface area contributed by atoms with Crippen LogP contribution in [-0.4, -0.2) is 19.0 Å². The van der Waals surface area contributed by atoms with Crippen molar-refractivity contribution in [2.24, 2.45) is 5.73 Å². The van der Waals surface area contributed by atoms with Crippen LogP contribution in [0.25, 0.3) is 0 Å². The molecule has 1 aliphatic rings. The molecule has 17 heavy (non-hydrogen) atoms. The summed E-state index contributed by atoms with van der Waals surface area (Å²) in [5, 5.41) is 0. The van der Waals surface area contributed by atoms with Gasteiger partial charge >= 0.3 is 0 Å². The summed E-state index contributed by atoms with van der Waals surface area (Å²) in [5.41, 5.74) is 8.52. The van der Waals surface area contributed by atoms with E-state index in [1.54, 1.807) is 6.92 Å². The number of hydrogen-bond donors (Lipinski definition) is 1. The van der Waals surface area contributed by atoms with Gasteiger partial charge in [-0.05, 0) is 37.4 Å². The number of amides is 1. The number of fused-ring (bicyclic) bond motifs is 1. The van der Waals surface area contributed by atoms with E-state index in [1.165, 1.54) is 5.56 Å². The highest BCUT2D eigenvalue weighted by molar-refractivity contribution is 6.05. The summed E-state index contributed by atoms with van der Waals surface area (Å²) in [6.45, 7) is 6.83. The van der Waals surface area contributed by atoms with Crippen molar-refractivity contribution in [1.82, 2.24) is 0 Å². The lowest BCUT2D eigenvalue weighted by atomic mass is 9.90. The first kappa shape index (κ1) is 11.9. The standard InChI is InChI=1S/C14H18N2O/c1-10(2)14(17)16-8-7-11(9-15)12-5-3-4-6-13(12)16/h3-6,11H,1,7-9,15H2,2H3. The maximum atomic E-state index is 12.1. The van der Waals surface area contributed by atoms with E-state index < -0.39 is 0 Å². The van der Waals surface area contributed by atoms with E-state index in [1.807, 2.05) is 23.1 Å². The van der Waals surface area contributed by atoms with Crippen LogP contribution in [0.15, 0.2) is 36.4 Å². The molecule has 2 N–H and O–H groups in total. The molecule has 0 spiro atoms. The second kappa shape index (κ2) is 4.72. The van der Waals surface area contributed by atoms with Gasteiger partial charge < -0.3 is 10.6 Å². The van der Waals surface area contributed by atoms with Gasteiger partial charge in [-0.1, -0.05) is 24.8 Å². The average Bonchev–Trinajstić information content (AvgIpc) is 2.36. The zero-order chi connectivity index (χ0) is 12.4. The van der Waals surface area contributed by atoms with Gasteiger partial charge in [0.05, 0.1) is 0 Å². The lowest BCUT2D eigenvalue weighted by molar-refractivity contribution is -0.115. The molecule has 0 radical (unpaired) electrons. The number of rotatable bonds is 2. The van der Waals surface area contributed by atoms with Crippen LogP contribution in [0, 0.1) is 0 Å². The van der Waals surface area contributed by atoms with Gasteiger partial charge in [-0.2, -0.15) is 0 Å². The topological polar surface area (TPSA) is 46.3 Å². The number of benzene rings is 1. The van der Waals surface area contributed by atoms with Crippen molar-refractivity contribution in [3.05, 3.63) is 42.0 Å². The van der Waals surface area contributed by atoms with Crippen molar-refractivity contribution in [2.45, 2.75) is 19.3 Å². The molecule has 1 aliphatic heterocycles. The van der Waals surface area contributed by atoms with Crippen molar-refractivity contribution in [3.63, 3.8) is 0 Å². The van der Waals surface area contributed by atoms with Crippen LogP contribution < -0.4 is 10.6 Å². The molecule has 3 nitrogen and oxygen atoms in total. The number of anilines is 1. The van der Waals surface area contributed by atoms with Crippen LogP contribution in [0.3, 0.4) is 0 Å². The second-order valence-corrected chi connectivity index (χ2v) is 4.52. The lowest BCUT2D eigenvalue weighted by Crippen LogP contribution is -2.38. The summed E-state index contributed by atoms with van der Waals surface area (Å²) in [6.07, 6.45) is 0.923. The number of para-hydroxylation sites is 1. The fourth-order valence-corrected chi connectivity index (χ4v) is 2.33. The summed E-state index contributed by atoms with van der Waals surface area (Å²) < 4.78 is 0. The van der Waals surface area contributed by atoms with Gasteiger partial charge in [-0.25, -0.2) is 0 Å². The van der Waals surface area contributed by atoms with Gasteiger partial charge in [0.2, 0.25) is 0 Å². The summed E-state index contributed by atoms with van der Waals surface area (Å²) in [4.78, 5) is 13.9. The molecule has 1 atom stereocenters. The van der Waals surface area contributed by atoms with Crippen LogP contribution >= 0.6 is 0 Å². The molecule has 1 heterocycles. The summed E-state index contributed by atoms with van der Waals surface area (Å²) >= 11 is 0. The number of nitrogens with two attached hydrogens (primary N) is 1. The first-order chi connectivity index (χ1) is 8.15. The zero-order valence-corrected chi connectivity index (χ0v) is 10.1. The summed E-state index contributed by atoms with van der Waals surface area (Å²) in [7, 11) is 0. The van der Waals surface area contributed by atoms with E-state index in [0.29, 0.717) is 18.0 Å². The fraction of sp³-hybridized carbons (Fsp3) is 0.357. The molecule has 0 aromatic heterocycles. The molecule has 0 saturated heterocycles. The Morgan fingerprint density at radius 3 is 2.88 bits per heavy atom. The highest BCUT2D eigenvalue weighted by atomic mass is 16.2. The van der Waals surface area contributed by atoms with E-state index in [9.17, 15) is 4.79 Å². The molecule has 2 rings (SSSR count). The lowest BCUT2D eigenvalue weighted by Gasteiger charge is -2.34. The van der Waals surface area contributed by atoms with Gasteiger partial charge in [0.1, 0.15) is 0 Å². The van der Waals surface area contributed by atoms with Crippen LogP contribution in [0.4, 0.5) is 5.69 Å². The number of nitrogens with zero attached hydrogens (tertiary/aromatic N) is 1. The van der Waals surface area contributed by atoms with Crippen LogP contribution in [0.1, 0.15) is 24.8 Å². The predicted molar refractivity (Wildman–Crippen MR) is 70.0 cm³/mol. The van der Waals surface area contributed by atoms with Crippen molar-refractivity contribution in [2.75, 3.05) is 18.0 Å². The van der Waals surface area contributed by atoms with Gasteiger partial charge in [0.15, 0.2) is 0 Å². The molecular formula is C14H18N2O. The van der Waals surface area contributed by atoms with Crippen molar-refractivity contribution in [3.8, 4) is 0 Å². The highest BCUT2D eigenvalue weighted by Gasteiger charge is 2.27. The summed E-state index contributed by atoms with van der Waals surface area (Å²) in [5.74, 6) is 0.369. The molecule has 1 unspecified atom stereocenters. The average molecular weight is 230 g/mol. The van der Waals surface area contributed by atoms with E-state index in [-0.39, 0.29) is 5.91 Å². The SMILES string of the molecule is C=C(C)C(=O)N1CCC(CN)c2ccccc21. The van der Waals surface area contributed by atoms with Crippen molar-refractivity contribution in [1.29, 1.82) is 0 Å². The monoisotopic (exact) mass is 230 g/mol.